The van der Waals surface area contributed by atoms with Crippen LogP contribution in [0, 0.1) is 0 Å². The maximum absolute atomic E-state index is 3.90. The second kappa shape index (κ2) is 2.50. The second-order valence-electron chi connectivity index (χ2n) is 2.89. The van der Waals surface area contributed by atoms with Gasteiger partial charge < -0.3 is 0 Å². The van der Waals surface area contributed by atoms with Crippen molar-refractivity contribution in [1.82, 2.24) is 10.2 Å². The summed E-state index contributed by atoms with van der Waals surface area (Å²) in [6, 6.07) is 6.34. The summed E-state index contributed by atoms with van der Waals surface area (Å²) in [5, 5.41) is 13.5. The summed E-state index contributed by atoms with van der Waals surface area (Å²) in [5.74, 6) is 0. The predicted molar refractivity (Wildman–Crippen MR) is 54.9 cm³/mol. The van der Waals surface area contributed by atoms with Gasteiger partial charge in [0.05, 0.1) is 12.4 Å². The minimum absolute atomic E-state index is 1.15. The Morgan fingerprint density at radius 2 is 1.85 bits per heavy atom. The number of nitrogens with zero attached hydrogens (tertiary/aromatic N) is 2. The quantitative estimate of drug-likeness (QED) is 0.539. The van der Waals surface area contributed by atoms with Crippen molar-refractivity contribution in [2.45, 2.75) is 0 Å². The third-order valence-electron chi connectivity index (χ3n) is 2.16. The maximum Gasteiger partial charge on any atom is 0.0581 e. The molecule has 1 aromatic carbocycles. The van der Waals surface area contributed by atoms with E-state index >= 15 is 0 Å². The van der Waals surface area contributed by atoms with E-state index in [2.05, 4.69) is 33.8 Å². The molecule has 2 aromatic heterocycles. The summed E-state index contributed by atoms with van der Waals surface area (Å²) in [7, 11) is 0. The molecule has 2 heterocycles. The molecule has 0 saturated carbocycles. The Hall–Kier alpha value is -1.48. The fourth-order valence-corrected chi connectivity index (χ4v) is 2.33. The highest BCUT2D eigenvalue weighted by molar-refractivity contribution is 7.17. The molecule has 3 aromatic rings. The zero-order valence-corrected chi connectivity index (χ0v) is 7.58. The highest BCUT2D eigenvalue weighted by Crippen LogP contribution is 2.27. The highest BCUT2D eigenvalue weighted by Gasteiger charge is 2.00. The van der Waals surface area contributed by atoms with Crippen molar-refractivity contribution < 1.29 is 0 Å². The van der Waals surface area contributed by atoms with Crippen LogP contribution in [-0.4, -0.2) is 10.2 Å². The van der Waals surface area contributed by atoms with Crippen LogP contribution in [0.3, 0.4) is 0 Å². The van der Waals surface area contributed by atoms with E-state index in [9.17, 15) is 0 Å². The van der Waals surface area contributed by atoms with Gasteiger partial charge in [0.2, 0.25) is 0 Å². The summed E-state index contributed by atoms with van der Waals surface area (Å²) < 4.78 is 1.31. The number of benzene rings is 1. The summed E-state index contributed by atoms with van der Waals surface area (Å²) in [6.45, 7) is 0. The molecule has 62 valence electrons. The Labute approximate surface area is 78.8 Å². The van der Waals surface area contributed by atoms with Gasteiger partial charge in [0.1, 0.15) is 0 Å². The standard InChI is InChI=1S/C10H6N2S/c1-2-10-8(3-4-13-10)9-6-12-11-5-7(1)9/h1-6H. The lowest BCUT2D eigenvalue weighted by molar-refractivity contribution is 1.05. The van der Waals surface area contributed by atoms with Crippen LogP contribution in [-0.2, 0) is 0 Å². The molecule has 0 spiro atoms. The number of hydrogen-bond acceptors (Lipinski definition) is 3. The molecule has 13 heavy (non-hydrogen) atoms. The largest absolute Gasteiger partial charge is 0.158 e. The van der Waals surface area contributed by atoms with E-state index in [1.54, 1.807) is 17.5 Å². The first kappa shape index (κ1) is 6.97. The zero-order chi connectivity index (χ0) is 8.67. The first-order valence-corrected chi connectivity index (χ1v) is 4.90. The third kappa shape index (κ3) is 0.939. The molecule has 0 unspecified atom stereocenters. The molecule has 0 atom stereocenters. The number of aromatic nitrogens is 2. The lowest BCUT2D eigenvalue weighted by atomic mass is 10.1. The van der Waals surface area contributed by atoms with Gasteiger partial charge in [-0.2, -0.15) is 10.2 Å². The molecule has 2 nitrogen and oxygen atoms in total. The van der Waals surface area contributed by atoms with E-state index in [-0.39, 0.29) is 0 Å². The summed E-state index contributed by atoms with van der Waals surface area (Å²) in [6.07, 6.45) is 3.62. The average molecular weight is 186 g/mol. The van der Waals surface area contributed by atoms with Crippen molar-refractivity contribution in [3.63, 3.8) is 0 Å². The fraction of sp³-hybridized carbons (Fsp3) is 0. The number of thiophene rings is 1. The Bertz CT molecular complexity index is 571. The van der Waals surface area contributed by atoms with E-state index in [4.69, 9.17) is 0 Å². The first-order valence-electron chi connectivity index (χ1n) is 4.02. The predicted octanol–water partition coefficient (Wildman–Crippen LogP) is 2.84. The van der Waals surface area contributed by atoms with Gasteiger partial charge in [0.15, 0.2) is 0 Å². The number of fused-ring (bicyclic) bond motifs is 3. The Balaban J connectivity index is 2.65. The monoisotopic (exact) mass is 186 g/mol. The average Bonchev–Trinajstić information content (AvgIpc) is 2.65. The van der Waals surface area contributed by atoms with Gasteiger partial charge >= 0.3 is 0 Å². The van der Waals surface area contributed by atoms with Crippen LogP contribution in [0.1, 0.15) is 0 Å². The van der Waals surface area contributed by atoms with Crippen molar-refractivity contribution in [3.05, 3.63) is 36.0 Å². The molecule has 0 aliphatic rings. The summed E-state index contributed by atoms with van der Waals surface area (Å²) in [5.41, 5.74) is 0. The molecular formula is C10H6N2S. The smallest absolute Gasteiger partial charge is 0.0581 e. The van der Waals surface area contributed by atoms with Crippen LogP contribution in [0.25, 0.3) is 20.9 Å². The zero-order valence-electron chi connectivity index (χ0n) is 6.77. The van der Waals surface area contributed by atoms with Gasteiger partial charge in [-0.3, -0.25) is 0 Å². The molecule has 3 heteroatoms. The van der Waals surface area contributed by atoms with Gasteiger partial charge in [-0.05, 0) is 17.5 Å². The Morgan fingerprint density at radius 3 is 2.85 bits per heavy atom. The van der Waals surface area contributed by atoms with Crippen LogP contribution in [0.2, 0.25) is 0 Å². The molecule has 0 fully saturated rings. The van der Waals surface area contributed by atoms with Gasteiger partial charge in [0, 0.05) is 20.9 Å². The topological polar surface area (TPSA) is 25.8 Å². The lowest BCUT2D eigenvalue weighted by Crippen LogP contribution is -1.79. The summed E-state index contributed by atoms with van der Waals surface area (Å²) >= 11 is 1.75. The molecule has 0 bridgehead atoms. The minimum Gasteiger partial charge on any atom is -0.158 e. The van der Waals surface area contributed by atoms with E-state index < -0.39 is 0 Å². The van der Waals surface area contributed by atoms with Crippen molar-refractivity contribution in [1.29, 1.82) is 0 Å². The first-order chi connectivity index (χ1) is 6.45. The van der Waals surface area contributed by atoms with Crippen LogP contribution >= 0.6 is 11.3 Å². The van der Waals surface area contributed by atoms with Crippen molar-refractivity contribution in [2.24, 2.45) is 0 Å². The van der Waals surface area contributed by atoms with Crippen LogP contribution < -0.4 is 0 Å². The molecule has 0 amide bonds. The molecule has 0 aliphatic heterocycles. The van der Waals surface area contributed by atoms with Gasteiger partial charge in [-0.1, -0.05) is 6.07 Å². The molecular weight excluding hydrogens is 180 g/mol. The van der Waals surface area contributed by atoms with E-state index in [1.807, 2.05) is 6.20 Å². The highest BCUT2D eigenvalue weighted by atomic mass is 32.1. The SMILES string of the molecule is c1cc2c(ccc3cnncc32)s1. The summed E-state index contributed by atoms with van der Waals surface area (Å²) in [4.78, 5) is 0. The number of hydrogen-bond donors (Lipinski definition) is 0. The molecule has 3 rings (SSSR count). The number of rotatable bonds is 0. The molecule has 0 saturated heterocycles. The third-order valence-corrected chi connectivity index (χ3v) is 3.04. The van der Waals surface area contributed by atoms with Crippen molar-refractivity contribution >= 4 is 32.2 Å². The second-order valence-corrected chi connectivity index (χ2v) is 3.84. The normalized spacial score (nSPS) is 11.1. The van der Waals surface area contributed by atoms with Gasteiger partial charge in [-0.15, -0.1) is 11.3 Å². The molecule has 0 N–H and O–H groups in total. The van der Waals surface area contributed by atoms with Crippen molar-refractivity contribution in [3.8, 4) is 0 Å². The van der Waals surface area contributed by atoms with Crippen LogP contribution in [0.5, 0.6) is 0 Å². The Kier molecular flexibility index (Phi) is 1.34. The van der Waals surface area contributed by atoms with Gasteiger partial charge in [-0.25, -0.2) is 0 Å². The van der Waals surface area contributed by atoms with Crippen molar-refractivity contribution in [2.75, 3.05) is 0 Å². The van der Waals surface area contributed by atoms with Crippen LogP contribution in [0.15, 0.2) is 36.0 Å². The minimum atomic E-state index is 1.15. The van der Waals surface area contributed by atoms with Gasteiger partial charge in [0.25, 0.3) is 0 Å². The fourth-order valence-electron chi connectivity index (χ4n) is 1.53. The molecule has 0 radical (unpaired) electrons. The van der Waals surface area contributed by atoms with E-state index in [1.165, 1.54) is 15.5 Å². The molecule has 0 aliphatic carbocycles. The van der Waals surface area contributed by atoms with E-state index in [0.29, 0.717) is 0 Å². The maximum atomic E-state index is 3.90. The van der Waals surface area contributed by atoms with E-state index in [0.717, 1.165) is 5.39 Å². The lowest BCUT2D eigenvalue weighted by Gasteiger charge is -1.96. The Morgan fingerprint density at radius 1 is 0.923 bits per heavy atom. The van der Waals surface area contributed by atoms with Crippen LogP contribution in [0.4, 0.5) is 0 Å².